The van der Waals surface area contributed by atoms with E-state index in [4.69, 9.17) is 0 Å². The number of nitrogens with zero attached hydrogens (tertiary/aromatic N) is 2. The molecule has 0 saturated carbocycles. The molecule has 1 saturated heterocycles. The summed E-state index contributed by atoms with van der Waals surface area (Å²) in [7, 11) is 0. The molecule has 1 aromatic carbocycles. The maximum Gasteiger partial charge on any atom is 0.123 e. The van der Waals surface area contributed by atoms with Gasteiger partial charge in [-0.05, 0) is 37.6 Å². The Balaban J connectivity index is 1.85. The van der Waals surface area contributed by atoms with E-state index in [-0.39, 0.29) is 5.82 Å². The fourth-order valence-electron chi connectivity index (χ4n) is 2.61. The van der Waals surface area contributed by atoms with Crippen LogP contribution < -0.4 is 0 Å². The van der Waals surface area contributed by atoms with Crippen molar-refractivity contribution >= 4 is 0 Å². The number of hydrogen-bond donors (Lipinski definition) is 0. The average Bonchev–Trinajstić information content (AvgIpc) is 2.41. The molecule has 1 fully saturated rings. The minimum absolute atomic E-state index is 0.150. The topological polar surface area (TPSA) is 6.48 Å². The standard InChI is InChI=1S/C15H23FN2/c1-3-17-8-10-18(11-9-17)13(2)12-14-4-6-15(16)7-5-14/h4-7,13H,3,8-12H2,1-2H3/t13-/m1/s1. The second-order valence-electron chi connectivity index (χ2n) is 5.15. The average molecular weight is 250 g/mol. The Bertz CT molecular complexity index is 355. The van der Waals surface area contributed by atoms with Gasteiger partial charge in [-0.15, -0.1) is 0 Å². The number of hydrogen-bond acceptors (Lipinski definition) is 2. The SMILES string of the molecule is CCN1CCN([C@H](C)Cc2ccc(F)cc2)CC1. The highest BCUT2D eigenvalue weighted by Gasteiger charge is 2.20. The van der Waals surface area contributed by atoms with E-state index in [0.717, 1.165) is 26.1 Å². The number of rotatable bonds is 4. The van der Waals surface area contributed by atoms with Crippen molar-refractivity contribution in [2.24, 2.45) is 0 Å². The quantitative estimate of drug-likeness (QED) is 0.809. The molecule has 0 bridgehead atoms. The van der Waals surface area contributed by atoms with Gasteiger partial charge in [0, 0.05) is 32.2 Å². The molecule has 0 unspecified atom stereocenters. The van der Waals surface area contributed by atoms with Crippen LogP contribution in [0.4, 0.5) is 4.39 Å². The molecule has 100 valence electrons. The van der Waals surface area contributed by atoms with Crippen LogP contribution in [0.1, 0.15) is 19.4 Å². The van der Waals surface area contributed by atoms with Crippen LogP contribution >= 0.6 is 0 Å². The number of likely N-dealkylation sites (N-methyl/N-ethyl adjacent to an activating group) is 1. The molecule has 1 aliphatic rings. The van der Waals surface area contributed by atoms with Gasteiger partial charge in [0.25, 0.3) is 0 Å². The van der Waals surface area contributed by atoms with Crippen molar-refractivity contribution in [2.45, 2.75) is 26.3 Å². The molecule has 2 rings (SSSR count). The van der Waals surface area contributed by atoms with Crippen molar-refractivity contribution in [3.05, 3.63) is 35.6 Å². The van der Waals surface area contributed by atoms with E-state index in [0.29, 0.717) is 6.04 Å². The molecule has 2 nitrogen and oxygen atoms in total. The molecule has 1 aromatic rings. The molecule has 1 atom stereocenters. The molecule has 1 aliphatic heterocycles. The predicted molar refractivity (Wildman–Crippen MR) is 73.3 cm³/mol. The first-order valence-electron chi connectivity index (χ1n) is 6.90. The van der Waals surface area contributed by atoms with Crippen LogP contribution in [-0.2, 0) is 6.42 Å². The first-order chi connectivity index (χ1) is 8.69. The molecule has 0 amide bonds. The fourth-order valence-corrected chi connectivity index (χ4v) is 2.61. The summed E-state index contributed by atoms with van der Waals surface area (Å²) in [6, 6.07) is 7.44. The maximum atomic E-state index is 12.8. The number of benzene rings is 1. The minimum Gasteiger partial charge on any atom is -0.301 e. The van der Waals surface area contributed by atoms with Gasteiger partial charge in [0.05, 0.1) is 0 Å². The summed E-state index contributed by atoms with van der Waals surface area (Å²) < 4.78 is 12.8. The van der Waals surface area contributed by atoms with Gasteiger partial charge in [-0.3, -0.25) is 4.90 Å². The third-order valence-corrected chi connectivity index (χ3v) is 3.92. The Kier molecular flexibility index (Phi) is 4.72. The van der Waals surface area contributed by atoms with Crippen molar-refractivity contribution in [3.8, 4) is 0 Å². The van der Waals surface area contributed by atoms with Crippen molar-refractivity contribution in [2.75, 3.05) is 32.7 Å². The first-order valence-corrected chi connectivity index (χ1v) is 6.90. The Hall–Kier alpha value is -0.930. The van der Waals surface area contributed by atoms with Crippen molar-refractivity contribution in [1.82, 2.24) is 9.80 Å². The van der Waals surface area contributed by atoms with E-state index in [1.54, 1.807) is 12.1 Å². The molecule has 0 spiro atoms. The fraction of sp³-hybridized carbons (Fsp3) is 0.600. The van der Waals surface area contributed by atoms with Crippen LogP contribution in [0.3, 0.4) is 0 Å². The Morgan fingerprint density at radius 2 is 1.72 bits per heavy atom. The van der Waals surface area contributed by atoms with Gasteiger partial charge >= 0.3 is 0 Å². The monoisotopic (exact) mass is 250 g/mol. The van der Waals surface area contributed by atoms with E-state index in [9.17, 15) is 4.39 Å². The third-order valence-electron chi connectivity index (χ3n) is 3.92. The van der Waals surface area contributed by atoms with Gasteiger partial charge in [-0.1, -0.05) is 19.1 Å². The van der Waals surface area contributed by atoms with Crippen LogP contribution in [0, 0.1) is 5.82 Å². The molecule has 0 aromatic heterocycles. The van der Waals surface area contributed by atoms with Gasteiger partial charge < -0.3 is 4.90 Å². The van der Waals surface area contributed by atoms with Gasteiger partial charge in [0.15, 0.2) is 0 Å². The van der Waals surface area contributed by atoms with E-state index < -0.39 is 0 Å². The summed E-state index contributed by atoms with van der Waals surface area (Å²) in [6.45, 7) is 10.3. The minimum atomic E-state index is -0.150. The second-order valence-corrected chi connectivity index (χ2v) is 5.15. The zero-order valence-electron chi connectivity index (χ0n) is 11.4. The lowest BCUT2D eigenvalue weighted by Gasteiger charge is -2.37. The second kappa shape index (κ2) is 6.30. The highest BCUT2D eigenvalue weighted by molar-refractivity contribution is 5.17. The molecular formula is C15H23FN2. The van der Waals surface area contributed by atoms with Crippen molar-refractivity contribution in [3.63, 3.8) is 0 Å². The summed E-state index contributed by atoms with van der Waals surface area (Å²) in [5.74, 6) is -0.150. The smallest absolute Gasteiger partial charge is 0.123 e. The number of piperazine rings is 1. The van der Waals surface area contributed by atoms with E-state index in [2.05, 4.69) is 23.6 Å². The van der Waals surface area contributed by atoms with E-state index >= 15 is 0 Å². The highest BCUT2D eigenvalue weighted by atomic mass is 19.1. The summed E-state index contributed by atoms with van der Waals surface area (Å²) in [4.78, 5) is 5.02. The molecule has 0 radical (unpaired) electrons. The highest BCUT2D eigenvalue weighted by Crippen LogP contribution is 2.12. The lowest BCUT2D eigenvalue weighted by molar-refractivity contribution is 0.106. The molecule has 18 heavy (non-hydrogen) atoms. The predicted octanol–water partition coefficient (Wildman–Crippen LogP) is 2.39. The van der Waals surface area contributed by atoms with Crippen LogP contribution in [-0.4, -0.2) is 48.6 Å². The zero-order valence-corrected chi connectivity index (χ0v) is 11.4. The van der Waals surface area contributed by atoms with Crippen LogP contribution in [0.15, 0.2) is 24.3 Å². The third kappa shape index (κ3) is 3.53. The van der Waals surface area contributed by atoms with Gasteiger partial charge in [-0.2, -0.15) is 0 Å². The molecular weight excluding hydrogens is 227 g/mol. The lowest BCUT2D eigenvalue weighted by atomic mass is 10.1. The van der Waals surface area contributed by atoms with Gasteiger partial charge in [0.2, 0.25) is 0 Å². The largest absolute Gasteiger partial charge is 0.301 e. The zero-order chi connectivity index (χ0) is 13.0. The lowest BCUT2D eigenvalue weighted by Crippen LogP contribution is -2.49. The molecule has 1 heterocycles. The maximum absolute atomic E-state index is 12.8. The number of halogens is 1. The molecule has 0 N–H and O–H groups in total. The molecule has 0 aliphatic carbocycles. The summed E-state index contributed by atoms with van der Waals surface area (Å²) >= 11 is 0. The van der Waals surface area contributed by atoms with E-state index in [1.165, 1.54) is 18.7 Å². The van der Waals surface area contributed by atoms with Crippen LogP contribution in [0.25, 0.3) is 0 Å². The van der Waals surface area contributed by atoms with Crippen molar-refractivity contribution < 1.29 is 4.39 Å². The Morgan fingerprint density at radius 3 is 2.28 bits per heavy atom. The van der Waals surface area contributed by atoms with Crippen LogP contribution in [0.5, 0.6) is 0 Å². The summed E-state index contributed by atoms with van der Waals surface area (Å²) in [5.41, 5.74) is 1.22. The van der Waals surface area contributed by atoms with Gasteiger partial charge in [0.1, 0.15) is 5.82 Å². The first kappa shape index (κ1) is 13.5. The van der Waals surface area contributed by atoms with Crippen molar-refractivity contribution in [1.29, 1.82) is 0 Å². The van der Waals surface area contributed by atoms with Crippen LogP contribution in [0.2, 0.25) is 0 Å². The Labute approximate surface area is 109 Å². The normalized spacial score (nSPS) is 19.9. The Morgan fingerprint density at radius 1 is 1.11 bits per heavy atom. The summed E-state index contributed by atoms with van der Waals surface area (Å²) in [6.07, 6.45) is 1.01. The van der Waals surface area contributed by atoms with Gasteiger partial charge in [-0.25, -0.2) is 4.39 Å². The summed E-state index contributed by atoms with van der Waals surface area (Å²) in [5, 5.41) is 0. The van der Waals surface area contributed by atoms with E-state index in [1.807, 2.05) is 12.1 Å². The molecule has 3 heteroatoms.